The Morgan fingerprint density at radius 3 is 2.41 bits per heavy atom. The second-order valence-electron chi connectivity index (χ2n) is 6.27. The van der Waals surface area contributed by atoms with Crippen LogP contribution < -0.4 is 15.4 Å². The average molecular weight is 386 g/mol. The molecule has 2 heterocycles. The van der Waals surface area contributed by atoms with E-state index in [9.17, 15) is 4.79 Å². The lowest BCUT2D eigenvalue weighted by Gasteiger charge is -2.09. The van der Waals surface area contributed by atoms with Crippen LogP contribution in [0.3, 0.4) is 0 Å². The van der Waals surface area contributed by atoms with Crippen LogP contribution in [-0.2, 0) is 0 Å². The van der Waals surface area contributed by atoms with Crippen LogP contribution >= 0.6 is 0 Å². The monoisotopic (exact) mass is 386 g/mol. The third-order valence-corrected chi connectivity index (χ3v) is 4.00. The molecule has 0 spiro atoms. The molecule has 2 N–H and O–H groups in total. The minimum Gasteiger partial charge on any atom is -0.457 e. The number of benzene rings is 2. The summed E-state index contributed by atoms with van der Waals surface area (Å²) < 4.78 is 10.7. The number of aromatic nitrogens is 2. The molecular formula is C22H18N4O3. The van der Waals surface area contributed by atoms with E-state index in [0.29, 0.717) is 23.0 Å². The van der Waals surface area contributed by atoms with Gasteiger partial charge in [0.2, 0.25) is 0 Å². The van der Waals surface area contributed by atoms with Crippen molar-refractivity contribution in [3.05, 3.63) is 90.3 Å². The van der Waals surface area contributed by atoms with Crippen molar-refractivity contribution in [2.75, 3.05) is 10.6 Å². The van der Waals surface area contributed by atoms with Crippen LogP contribution in [0.1, 0.15) is 16.1 Å². The van der Waals surface area contributed by atoms with Gasteiger partial charge in [-0.05, 0) is 55.5 Å². The molecule has 4 aromatic rings. The molecule has 0 fully saturated rings. The van der Waals surface area contributed by atoms with Gasteiger partial charge in [-0.25, -0.2) is 4.98 Å². The first-order valence-electron chi connectivity index (χ1n) is 8.96. The fourth-order valence-corrected chi connectivity index (χ4v) is 2.63. The van der Waals surface area contributed by atoms with Crippen LogP contribution in [0.25, 0.3) is 0 Å². The highest BCUT2D eigenvalue weighted by Crippen LogP contribution is 2.24. The molecule has 7 heteroatoms. The number of para-hydroxylation sites is 1. The van der Waals surface area contributed by atoms with Crippen molar-refractivity contribution in [1.29, 1.82) is 0 Å². The van der Waals surface area contributed by atoms with Crippen LogP contribution in [0.15, 0.2) is 83.5 Å². The number of hydrogen-bond acceptors (Lipinski definition) is 6. The molecule has 0 aliphatic carbocycles. The minimum absolute atomic E-state index is 0.296. The molecule has 0 saturated heterocycles. The summed E-state index contributed by atoms with van der Waals surface area (Å²) in [7, 11) is 0. The number of carbonyl (C=O) groups excluding carboxylic acids is 1. The fourth-order valence-electron chi connectivity index (χ4n) is 2.63. The van der Waals surface area contributed by atoms with E-state index in [-0.39, 0.29) is 5.91 Å². The SMILES string of the molecule is Cc1cc(NC(=O)c2ccnc(Nc3ccc(Oc4ccccc4)cc3)c2)no1. The van der Waals surface area contributed by atoms with Gasteiger partial charge in [0, 0.05) is 23.5 Å². The van der Waals surface area contributed by atoms with E-state index in [4.69, 9.17) is 9.26 Å². The van der Waals surface area contributed by atoms with Gasteiger partial charge in [-0.15, -0.1) is 0 Å². The summed E-state index contributed by atoms with van der Waals surface area (Å²) in [5, 5.41) is 9.62. The van der Waals surface area contributed by atoms with E-state index in [0.717, 1.165) is 17.2 Å². The van der Waals surface area contributed by atoms with Gasteiger partial charge in [0.25, 0.3) is 5.91 Å². The molecule has 144 valence electrons. The van der Waals surface area contributed by atoms with Gasteiger partial charge in [0.1, 0.15) is 23.1 Å². The second-order valence-corrected chi connectivity index (χ2v) is 6.27. The van der Waals surface area contributed by atoms with Crippen LogP contribution in [0.5, 0.6) is 11.5 Å². The summed E-state index contributed by atoms with van der Waals surface area (Å²) in [5.41, 5.74) is 1.27. The molecule has 1 amide bonds. The Hall–Kier alpha value is -4.13. The highest BCUT2D eigenvalue weighted by atomic mass is 16.5. The van der Waals surface area contributed by atoms with Crippen LogP contribution in [0.2, 0.25) is 0 Å². The number of carbonyl (C=O) groups is 1. The summed E-state index contributed by atoms with van der Waals surface area (Å²) in [6, 6.07) is 22.0. The van der Waals surface area contributed by atoms with Gasteiger partial charge in [0.05, 0.1) is 0 Å². The van der Waals surface area contributed by atoms with Crippen molar-refractivity contribution in [3.63, 3.8) is 0 Å². The normalized spacial score (nSPS) is 10.4. The van der Waals surface area contributed by atoms with E-state index in [1.54, 1.807) is 31.3 Å². The van der Waals surface area contributed by atoms with Crippen LogP contribution in [0.4, 0.5) is 17.3 Å². The molecule has 7 nitrogen and oxygen atoms in total. The summed E-state index contributed by atoms with van der Waals surface area (Å²) in [6.45, 7) is 1.76. The zero-order valence-corrected chi connectivity index (χ0v) is 15.6. The Kier molecular flexibility index (Phi) is 5.20. The quantitative estimate of drug-likeness (QED) is 0.475. The number of aryl methyl sites for hydroxylation is 1. The summed E-state index contributed by atoms with van der Waals surface area (Å²) in [6.07, 6.45) is 1.57. The van der Waals surface area contributed by atoms with E-state index in [1.165, 1.54) is 0 Å². The Labute approximate surface area is 167 Å². The maximum atomic E-state index is 12.4. The standard InChI is InChI=1S/C22H18N4O3/c1-15-13-21(26-29-15)25-22(27)16-11-12-23-20(14-16)24-17-7-9-19(10-8-17)28-18-5-3-2-4-6-18/h2-14H,1H3,(H,23,24)(H,25,26,27). The third kappa shape index (κ3) is 4.78. The second kappa shape index (κ2) is 8.26. The molecule has 0 aliphatic rings. The van der Waals surface area contributed by atoms with E-state index in [2.05, 4.69) is 20.8 Å². The number of rotatable bonds is 6. The molecule has 0 unspecified atom stereocenters. The maximum absolute atomic E-state index is 12.4. The molecule has 0 saturated carbocycles. The lowest BCUT2D eigenvalue weighted by atomic mass is 10.2. The van der Waals surface area contributed by atoms with Crippen molar-refractivity contribution in [3.8, 4) is 11.5 Å². The average Bonchev–Trinajstić information content (AvgIpc) is 3.15. The first kappa shape index (κ1) is 18.2. The van der Waals surface area contributed by atoms with Crippen LogP contribution in [0, 0.1) is 6.92 Å². The minimum atomic E-state index is -0.296. The zero-order valence-electron chi connectivity index (χ0n) is 15.6. The molecule has 0 aliphatic heterocycles. The number of ether oxygens (including phenoxy) is 1. The Bertz CT molecular complexity index is 1110. The van der Waals surface area contributed by atoms with E-state index in [1.807, 2.05) is 54.6 Å². The molecular weight excluding hydrogens is 368 g/mol. The number of hydrogen-bond donors (Lipinski definition) is 2. The summed E-state index contributed by atoms with van der Waals surface area (Å²) in [5.74, 6) is 2.74. The van der Waals surface area contributed by atoms with Gasteiger partial charge in [-0.2, -0.15) is 0 Å². The molecule has 0 atom stereocenters. The van der Waals surface area contributed by atoms with E-state index >= 15 is 0 Å². The molecule has 2 aromatic carbocycles. The smallest absolute Gasteiger partial charge is 0.257 e. The number of anilines is 3. The van der Waals surface area contributed by atoms with Gasteiger partial charge < -0.3 is 19.9 Å². The Morgan fingerprint density at radius 1 is 0.931 bits per heavy atom. The fraction of sp³-hybridized carbons (Fsp3) is 0.0455. The predicted octanol–water partition coefficient (Wildman–Crippen LogP) is 5.17. The van der Waals surface area contributed by atoms with Gasteiger partial charge in [-0.1, -0.05) is 23.4 Å². The molecule has 0 radical (unpaired) electrons. The number of pyridine rings is 1. The lowest BCUT2D eigenvalue weighted by molar-refractivity contribution is 0.102. The predicted molar refractivity (Wildman–Crippen MR) is 110 cm³/mol. The molecule has 29 heavy (non-hydrogen) atoms. The van der Waals surface area contributed by atoms with E-state index < -0.39 is 0 Å². The highest BCUT2D eigenvalue weighted by Gasteiger charge is 2.10. The van der Waals surface area contributed by atoms with Crippen molar-refractivity contribution in [2.24, 2.45) is 0 Å². The summed E-state index contributed by atoms with van der Waals surface area (Å²) >= 11 is 0. The number of amides is 1. The first-order valence-corrected chi connectivity index (χ1v) is 8.96. The van der Waals surface area contributed by atoms with Gasteiger partial charge >= 0.3 is 0 Å². The Balaban J connectivity index is 1.41. The molecule has 4 rings (SSSR count). The first-order chi connectivity index (χ1) is 14.2. The summed E-state index contributed by atoms with van der Waals surface area (Å²) in [4.78, 5) is 16.6. The van der Waals surface area contributed by atoms with Gasteiger partial charge in [0.15, 0.2) is 5.82 Å². The van der Waals surface area contributed by atoms with Crippen molar-refractivity contribution < 1.29 is 14.1 Å². The number of nitrogens with one attached hydrogen (secondary N) is 2. The maximum Gasteiger partial charge on any atom is 0.257 e. The van der Waals surface area contributed by atoms with Gasteiger partial charge in [-0.3, -0.25) is 4.79 Å². The lowest BCUT2D eigenvalue weighted by Crippen LogP contribution is -2.12. The topological polar surface area (TPSA) is 89.3 Å². The Morgan fingerprint density at radius 2 is 1.69 bits per heavy atom. The van der Waals surface area contributed by atoms with Crippen molar-refractivity contribution >= 4 is 23.2 Å². The number of nitrogens with zero attached hydrogens (tertiary/aromatic N) is 2. The third-order valence-electron chi connectivity index (χ3n) is 4.00. The largest absolute Gasteiger partial charge is 0.457 e. The highest BCUT2D eigenvalue weighted by molar-refractivity contribution is 6.04. The molecule has 2 aromatic heterocycles. The molecule has 0 bridgehead atoms. The van der Waals surface area contributed by atoms with Crippen molar-refractivity contribution in [1.82, 2.24) is 10.1 Å². The van der Waals surface area contributed by atoms with Crippen molar-refractivity contribution in [2.45, 2.75) is 6.92 Å². The van der Waals surface area contributed by atoms with Crippen LogP contribution in [-0.4, -0.2) is 16.0 Å². The zero-order chi connectivity index (χ0) is 20.1.